The van der Waals surface area contributed by atoms with Gasteiger partial charge in [-0.05, 0) is 25.8 Å². The number of rotatable bonds is 41. The quantitative estimate of drug-likeness (QED) is 0.0627. The maximum absolute atomic E-state index is 11.7. The van der Waals surface area contributed by atoms with E-state index in [-0.39, 0.29) is 5.92 Å². The van der Waals surface area contributed by atoms with Gasteiger partial charge in [0, 0.05) is 0 Å². The first kappa shape index (κ1) is 50.5. The fourth-order valence-electron chi connectivity index (χ4n) is 7.19. The number of carboxylic acids is 1. The zero-order chi connectivity index (χ0) is 36.1. The van der Waals surface area contributed by atoms with Crippen LogP contribution in [-0.2, 0) is 4.79 Å². The molecule has 0 saturated heterocycles. The van der Waals surface area contributed by atoms with Crippen molar-refractivity contribution in [2.75, 3.05) is 6.54 Å². The van der Waals surface area contributed by atoms with Crippen LogP contribution >= 0.6 is 0 Å². The first-order chi connectivity index (χ1) is 24.1. The summed E-state index contributed by atoms with van der Waals surface area (Å²) >= 11 is 0. The Bertz CT molecular complexity index is 571. The molecule has 3 nitrogen and oxygen atoms in total. The molecule has 3 heteroatoms. The highest BCUT2D eigenvalue weighted by molar-refractivity contribution is 5.69. The first-order valence-electron chi connectivity index (χ1n) is 23.1. The third-order valence-corrected chi connectivity index (χ3v) is 10.7. The number of unbranched alkanes of at least 4 members (excludes halogenated alkanes) is 35. The van der Waals surface area contributed by atoms with Crippen LogP contribution in [0.3, 0.4) is 0 Å². The maximum atomic E-state index is 11.7. The average Bonchev–Trinajstić information content (AvgIpc) is 3.10. The lowest BCUT2D eigenvalue weighted by molar-refractivity contribution is -0.142. The van der Waals surface area contributed by atoms with Gasteiger partial charge in [-0.1, -0.05) is 258 Å². The van der Waals surface area contributed by atoms with Crippen molar-refractivity contribution in [3.05, 3.63) is 0 Å². The van der Waals surface area contributed by atoms with E-state index in [0.717, 1.165) is 32.2 Å². The summed E-state index contributed by atoms with van der Waals surface area (Å²) in [5, 5.41) is 9.60. The molecule has 1 unspecified atom stereocenters. The molecule has 0 spiro atoms. The third-order valence-electron chi connectivity index (χ3n) is 10.7. The molecular formula is C46H95NO2. The number of nitrogens with two attached hydrogens (primary N) is 1. The van der Waals surface area contributed by atoms with Crippen molar-refractivity contribution in [1.29, 1.82) is 0 Å². The van der Waals surface area contributed by atoms with Crippen molar-refractivity contribution >= 4 is 5.97 Å². The van der Waals surface area contributed by atoms with Crippen molar-refractivity contribution in [1.82, 2.24) is 0 Å². The van der Waals surface area contributed by atoms with E-state index in [4.69, 9.17) is 5.73 Å². The number of carbonyl (C=O) groups is 1. The normalized spacial score (nSPS) is 11.8. The Balaban J connectivity index is 0. The molecule has 0 aromatic carbocycles. The zero-order valence-corrected chi connectivity index (χ0v) is 34.5. The molecule has 0 saturated carbocycles. The van der Waals surface area contributed by atoms with Crippen molar-refractivity contribution in [3.63, 3.8) is 0 Å². The Labute approximate surface area is 310 Å². The van der Waals surface area contributed by atoms with E-state index in [9.17, 15) is 9.90 Å². The van der Waals surface area contributed by atoms with Crippen molar-refractivity contribution in [3.8, 4) is 0 Å². The van der Waals surface area contributed by atoms with Gasteiger partial charge in [-0.2, -0.15) is 0 Å². The van der Waals surface area contributed by atoms with E-state index < -0.39 is 5.97 Å². The molecule has 0 amide bonds. The number of aliphatic carboxylic acids is 1. The van der Waals surface area contributed by atoms with E-state index in [0.29, 0.717) is 0 Å². The second-order valence-corrected chi connectivity index (χ2v) is 15.8. The largest absolute Gasteiger partial charge is 0.481 e. The van der Waals surface area contributed by atoms with Crippen molar-refractivity contribution in [2.45, 2.75) is 278 Å². The Morgan fingerprint density at radius 1 is 0.347 bits per heavy atom. The van der Waals surface area contributed by atoms with E-state index in [1.165, 1.54) is 231 Å². The molecule has 0 fully saturated rings. The first-order valence-corrected chi connectivity index (χ1v) is 23.1. The molecule has 0 radical (unpaired) electrons. The molecule has 0 rings (SSSR count). The smallest absolute Gasteiger partial charge is 0.306 e. The number of carboxylic acid groups (broad SMARTS) is 1. The van der Waals surface area contributed by atoms with Crippen LogP contribution < -0.4 is 5.73 Å². The van der Waals surface area contributed by atoms with Gasteiger partial charge < -0.3 is 10.8 Å². The van der Waals surface area contributed by atoms with Crippen molar-refractivity contribution in [2.24, 2.45) is 11.7 Å². The second kappa shape index (κ2) is 47.4. The van der Waals surface area contributed by atoms with E-state index in [1.807, 2.05) is 0 Å². The highest BCUT2D eigenvalue weighted by atomic mass is 16.4. The maximum Gasteiger partial charge on any atom is 0.306 e. The lowest BCUT2D eigenvalue weighted by Gasteiger charge is -2.12. The van der Waals surface area contributed by atoms with Gasteiger partial charge in [0.2, 0.25) is 0 Å². The fraction of sp³-hybridized carbons (Fsp3) is 0.978. The number of hydrogen-bond donors (Lipinski definition) is 2. The van der Waals surface area contributed by atoms with Crippen LogP contribution in [0.25, 0.3) is 0 Å². The van der Waals surface area contributed by atoms with E-state index in [1.54, 1.807) is 0 Å². The molecule has 296 valence electrons. The van der Waals surface area contributed by atoms with Crippen LogP contribution in [0.15, 0.2) is 0 Å². The van der Waals surface area contributed by atoms with Crippen LogP contribution in [0.2, 0.25) is 0 Å². The third kappa shape index (κ3) is 47.4. The molecular weight excluding hydrogens is 599 g/mol. The van der Waals surface area contributed by atoms with Crippen LogP contribution in [-0.4, -0.2) is 17.6 Å². The Morgan fingerprint density at radius 3 is 0.714 bits per heavy atom. The van der Waals surface area contributed by atoms with Gasteiger partial charge in [0.1, 0.15) is 0 Å². The van der Waals surface area contributed by atoms with Crippen LogP contribution in [0.5, 0.6) is 0 Å². The summed E-state index contributed by atoms with van der Waals surface area (Å²) in [6.45, 7) is 7.70. The topological polar surface area (TPSA) is 63.3 Å². The van der Waals surface area contributed by atoms with Gasteiger partial charge in [0.25, 0.3) is 0 Å². The lowest BCUT2D eigenvalue weighted by atomic mass is 9.94. The molecule has 49 heavy (non-hydrogen) atoms. The summed E-state index contributed by atoms with van der Waals surface area (Å²) in [6.07, 6.45) is 53.8. The highest BCUT2D eigenvalue weighted by Crippen LogP contribution is 2.21. The van der Waals surface area contributed by atoms with Crippen molar-refractivity contribution < 1.29 is 9.90 Å². The summed E-state index contributed by atoms with van der Waals surface area (Å²) in [7, 11) is 0. The predicted molar refractivity (Wildman–Crippen MR) is 222 cm³/mol. The lowest BCUT2D eigenvalue weighted by Crippen LogP contribution is -2.13. The molecule has 0 heterocycles. The minimum Gasteiger partial charge on any atom is -0.481 e. The van der Waals surface area contributed by atoms with E-state index >= 15 is 0 Å². The summed E-state index contributed by atoms with van der Waals surface area (Å²) in [5.74, 6) is -0.653. The predicted octanol–water partition coefficient (Wildman–Crippen LogP) is 16.3. The monoisotopic (exact) mass is 694 g/mol. The zero-order valence-electron chi connectivity index (χ0n) is 34.5. The second-order valence-electron chi connectivity index (χ2n) is 15.8. The minimum atomic E-state index is -0.555. The summed E-state index contributed by atoms with van der Waals surface area (Å²) in [6, 6.07) is 0. The molecule has 3 N–H and O–H groups in total. The molecule has 0 bridgehead atoms. The standard InChI is InChI=1S/C36H72O2.C10H23N/c1-3-5-7-9-11-13-15-17-19-20-22-24-26-28-30-32-34-35(36(37)38)33-31-29-27-25-23-21-18-16-14-12-10-8-6-4-2;1-2-3-4-5-6-7-8-9-10-11/h35H,3-34H2,1-2H3,(H,37,38);2-11H2,1H3. The summed E-state index contributed by atoms with van der Waals surface area (Å²) in [5.41, 5.74) is 5.39. The van der Waals surface area contributed by atoms with Gasteiger partial charge in [-0.25, -0.2) is 0 Å². The van der Waals surface area contributed by atoms with Gasteiger partial charge in [0.05, 0.1) is 5.92 Å². The van der Waals surface area contributed by atoms with Crippen LogP contribution in [0, 0.1) is 5.92 Å². The average molecular weight is 694 g/mol. The Kier molecular flexibility index (Phi) is 48.9. The molecule has 1 atom stereocenters. The van der Waals surface area contributed by atoms with Crippen LogP contribution in [0.4, 0.5) is 0 Å². The fourth-order valence-corrected chi connectivity index (χ4v) is 7.19. The van der Waals surface area contributed by atoms with Gasteiger partial charge in [0.15, 0.2) is 0 Å². The molecule has 0 aliphatic rings. The molecule has 0 aromatic rings. The summed E-state index contributed by atoms with van der Waals surface area (Å²) in [4.78, 5) is 11.7. The summed E-state index contributed by atoms with van der Waals surface area (Å²) < 4.78 is 0. The van der Waals surface area contributed by atoms with Crippen LogP contribution in [0.1, 0.15) is 278 Å². The highest BCUT2D eigenvalue weighted by Gasteiger charge is 2.16. The van der Waals surface area contributed by atoms with Gasteiger partial charge >= 0.3 is 5.97 Å². The Hall–Kier alpha value is -0.570. The van der Waals surface area contributed by atoms with Gasteiger partial charge in [-0.15, -0.1) is 0 Å². The van der Waals surface area contributed by atoms with E-state index in [2.05, 4.69) is 20.8 Å². The SMILES string of the molecule is CCCCCCCCCCCCCCCCCCC(CCCCCCCCCCCCCCCC)C(=O)O.CCCCCCCCCCN. The van der Waals surface area contributed by atoms with Gasteiger partial charge in [-0.3, -0.25) is 4.79 Å². The minimum absolute atomic E-state index is 0.0982. The molecule has 0 aliphatic heterocycles. The Morgan fingerprint density at radius 2 is 0.531 bits per heavy atom. The molecule has 0 aromatic heterocycles. The molecule has 0 aliphatic carbocycles. The number of hydrogen-bond acceptors (Lipinski definition) is 2.